The molecule has 0 radical (unpaired) electrons. The summed E-state index contributed by atoms with van der Waals surface area (Å²) in [5, 5.41) is 3.49. The van der Waals surface area contributed by atoms with Gasteiger partial charge in [0.2, 0.25) is 0 Å². The van der Waals surface area contributed by atoms with Crippen molar-refractivity contribution in [2.45, 2.75) is 46.4 Å². The number of hydrogen-bond acceptors (Lipinski definition) is 3. The highest BCUT2D eigenvalue weighted by molar-refractivity contribution is 5.22. The Balaban J connectivity index is 1.79. The van der Waals surface area contributed by atoms with Crippen molar-refractivity contribution in [2.24, 2.45) is 5.92 Å². The summed E-state index contributed by atoms with van der Waals surface area (Å²) in [6.45, 7) is 12.7. The zero-order valence-electron chi connectivity index (χ0n) is 13.8. The van der Waals surface area contributed by atoms with Crippen molar-refractivity contribution in [2.75, 3.05) is 26.2 Å². The zero-order chi connectivity index (χ0) is 15.1. The van der Waals surface area contributed by atoms with E-state index in [4.69, 9.17) is 4.74 Å². The van der Waals surface area contributed by atoms with Crippen molar-refractivity contribution in [3.8, 4) is 0 Å². The van der Waals surface area contributed by atoms with Crippen LogP contribution in [0.1, 0.15) is 38.3 Å². The summed E-state index contributed by atoms with van der Waals surface area (Å²) >= 11 is 0. The first-order valence-electron chi connectivity index (χ1n) is 8.30. The number of nitrogens with zero attached hydrogens (tertiary/aromatic N) is 1. The molecule has 1 saturated heterocycles. The molecule has 0 saturated carbocycles. The van der Waals surface area contributed by atoms with Crippen LogP contribution in [0.2, 0.25) is 0 Å². The van der Waals surface area contributed by atoms with E-state index < -0.39 is 0 Å². The maximum atomic E-state index is 5.73. The van der Waals surface area contributed by atoms with E-state index in [1.807, 2.05) is 0 Å². The van der Waals surface area contributed by atoms with Crippen LogP contribution in [0.4, 0.5) is 0 Å². The number of hydrogen-bond donors (Lipinski definition) is 1. The lowest BCUT2D eigenvalue weighted by atomic mass is 10.1. The molecule has 3 nitrogen and oxygen atoms in total. The van der Waals surface area contributed by atoms with E-state index in [-0.39, 0.29) is 0 Å². The largest absolute Gasteiger partial charge is 0.376 e. The van der Waals surface area contributed by atoms with E-state index in [2.05, 4.69) is 55.3 Å². The second-order valence-electron chi connectivity index (χ2n) is 6.48. The molecule has 0 spiro atoms. The Kier molecular flexibility index (Phi) is 6.68. The number of morpholine rings is 1. The van der Waals surface area contributed by atoms with Crippen LogP contribution in [0.3, 0.4) is 0 Å². The predicted molar refractivity (Wildman–Crippen MR) is 88.3 cm³/mol. The van der Waals surface area contributed by atoms with E-state index in [9.17, 15) is 0 Å². The Morgan fingerprint density at radius 3 is 2.62 bits per heavy atom. The van der Waals surface area contributed by atoms with Gasteiger partial charge < -0.3 is 10.1 Å². The molecule has 21 heavy (non-hydrogen) atoms. The molecule has 1 fully saturated rings. The number of benzene rings is 1. The normalized spacial score (nSPS) is 20.1. The fourth-order valence-electron chi connectivity index (χ4n) is 2.70. The second kappa shape index (κ2) is 8.52. The van der Waals surface area contributed by atoms with Crippen molar-refractivity contribution in [3.05, 3.63) is 35.4 Å². The third-order valence-electron chi connectivity index (χ3n) is 3.99. The van der Waals surface area contributed by atoms with E-state index in [0.717, 1.165) is 45.8 Å². The smallest absolute Gasteiger partial charge is 0.0700 e. The minimum Gasteiger partial charge on any atom is -0.376 e. The van der Waals surface area contributed by atoms with Gasteiger partial charge in [-0.2, -0.15) is 0 Å². The Morgan fingerprint density at radius 2 is 1.95 bits per heavy atom. The van der Waals surface area contributed by atoms with Gasteiger partial charge in [-0.3, -0.25) is 4.90 Å². The summed E-state index contributed by atoms with van der Waals surface area (Å²) in [5.41, 5.74) is 2.77. The highest BCUT2D eigenvalue weighted by atomic mass is 16.5. The molecule has 1 aliphatic heterocycles. The molecule has 1 heterocycles. The molecule has 1 N–H and O–H groups in total. The molecule has 0 bridgehead atoms. The second-order valence-corrected chi connectivity index (χ2v) is 6.48. The zero-order valence-corrected chi connectivity index (χ0v) is 13.8. The molecule has 118 valence electrons. The first-order chi connectivity index (χ1) is 10.2. The standard InChI is InChI=1S/C18H30N2O/c1-4-18-14-20(9-10-21-18)13-17-7-5-16(6-8-17)12-19-11-15(2)3/h5-8,15,18-19H,4,9-14H2,1-3H3. The fourth-order valence-corrected chi connectivity index (χ4v) is 2.70. The minimum atomic E-state index is 0.415. The number of rotatable bonds is 7. The maximum absolute atomic E-state index is 5.73. The fraction of sp³-hybridized carbons (Fsp3) is 0.667. The van der Waals surface area contributed by atoms with Crippen LogP contribution in [-0.2, 0) is 17.8 Å². The van der Waals surface area contributed by atoms with Gasteiger partial charge in [-0.05, 0) is 30.0 Å². The molecule has 0 aliphatic carbocycles. The summed E-state index contributed by atoms with van der Waals surface area (Å²) in [6.07, 6.45) is 1.52. The topological polar surface area (TPSA) is 24.5 Å². The van der Waals surface area contributed by atoms with Crippen molar-refractivity contribution in [1.82, 2.24) is 10.2 Å². The van der Waals surface area contributed by atoms with Crippen molar-refractivity contribution < 1.29 is 4.74 Å². The van der Waals surface area contributed by atoms with E-state index in [0.29, 0.717) is 12.0 Å². The van der Waals surface area contributed by atoms with Crippen LogP contribution in [-0.4, -0.2) is 37.2 Å². The van der Waals surface area contributed by atoms with Gasteiger partial charge in [0.15, 0.2) is 0 Å². The number of ether oxygens (including phenoxy) is 1. The quantitative estimate of drug-likeness (QED) is 0.835. The summed E-state index contributed by atoms with van der Waals surface area (Å²) in [4.78, 5) is 2.50. The van der Waals surface area contributed by atoms with Crippen molar-refractivity contribution in [3.63, 3.8) is 0 Å². The highest BCUT2D eigenvalue weighted by Crippen LogP contribution is 2.13. The third-order valence-corrected chi connectivity index (χ3v) is 3.99. The van der Waals surface area contributed by atoms with Crippen LogP contribution in [0, 0.1) is 5.92 Å². The van der Waals surface area contributed by atoms with Crippen LogP contribution in [0.25, 0.3) is 0 Å². The van der Waals surface area contributed by atoms with Crippen LogP contribution in [0.5, 0.6) is 0 Å². The van der Waals surface area contributed by atoms with Crippen molar-refractivity contribution in [1.29, 1.82) is 0 Å². The number of nitrogens with one attached hydrogen (secondary N) is 1. The summed E-state index contributed by atoms with van der Waals surface area (Å²) < 4.78 is 5.73. The summed E-state index contributed by atoms with van der Waals surface area (Å²) in [5.74, 6) is 0.706. The molecule has 2 rings (SSSR count). The first-order valence-corrected chi connectivity index (χ1v) is 8.30. The van der Waals surface area contributed by atoms with Gasteiger partial charge >= 0.3 is 0 Å². The average Bonchev–Trinajstić information content (AvgIpc) is 2.49. The Morgan fingerprint density at radius 1 is 1.24 bits per heavy atom. The van der Waals surface area contributed by atoms with Gasteiger partial charge in [-0.1, -0.05) is 45.0 Å². The molecule has 1 aliphatic rings. The van der Waals surface area contributed by atoms with Gasteiger partial charge in [0, 0.05) is 26.2 Å². The third kappa shape index (κ3) is 5.77. The molecule has 0 amide bonds. The van der Waals surface area contributed by atoms with Gasteiger partial charge in [0.1, 0.15) is 0 Å². The SMILES string of the molecule is CCC1CN(Cc2ccc(CNCC(C)C)cc2)CCO1. The van der Waals surface area contributed by atoms with Gasteiger partial charge in [-0.15, -0.1) is 0 Å². The molecule has 0 aromatic heterocycles. The average molecular weight is 290 g/mol. The van der Waals surface area contributed by atoms with Gasteiger partial charge in [-0.25, -0.2) is 0 Å². The lowest BCUT2D eigenvalue weighted by Gasteiger charge is -2.32. The van der Waals surface area contributed by atoms with Crippen LogP contribution >= 0.6 is 0 Å². The van der Waals surface area contributed by atoms with Crippen molar-refractivity contribution >= 4 is 0 Å². The van der Waals surface area contributed by atoms with E-state index in [1.165, 1.54) is 11.1 Å². The molecule has 3 heteroatoms. The summed E-state index contributed by atoms with van der Waals surface area (Å²) in [6, 6.07) is 9.03. The molecular formula is C18H30N2O. The molecular weight excluding hydrogens is 260 g/mol. The molecule has 1 aromatic rings. The highest BCUT2D eigenvalue weighted by Gasteiger charge is 2.18. The first kappa shape index (κ1) is 16.5. The molecule has 1 atom stereocenters. The van der Waals surface area contributed by atoms with Gasteiger partial charge in [0.05, 0.1) is 12.7 Å². The Hall–Kier alpha value is -0.900. The minimum absolute atomic E-state index is 0.415. The van der Waals surface area contributed by atoms with Crippen LogP contribution < -0.4 is 5.32 Å². The lowest BCUT2D eigenvalue weighted by molar-refractivity contribution is -0.0324. The van der Waals surface area contributed by atoms with E-state index in [1.54, 1.807) is 0 Å². The monoisotopic (exact) mass is 290 g/mol. The molecule has 1 aromatic carbocycles. The Labute approximate surface area is 129 Å². The summed E-state index contributed by atoms with van der Waals surface area (Å²) in [7, 11) is 0. The van der Waals surface area contributed by atoms with Crippen LogP contribution in [0.15, 0.2) is 24.3 Å². The predicted octanol–water partition coefficient (Wildman–Crippen LogP) is 3.04. The lowest BCUT2D eigenvalue weighted by Crippen LogP contribution is -2.41. The Bertz CT molecular complexity index is 402. The van der Waals surface area contributed by atoms with E-state index >= 15 is 0 Å². The maximum Gasteiger partial charge on any atom is 0.0700 e. The van der Waals surface area contributed by atoms with Gasteiger partial charge in [0.25, 0.3) is 0 Å². The molecule has 1 unspecified atom stereocenters.